The van der Waals surface area contributed by atoms with Crippen molar-refractivity contribution in [3.63, 3.8) is 0 Å². The highest BCUT2D eigenvalue weighted by molar-refractivity contribution is 6.09. The van der Waals surface area contributed by atoms with E-state index in [2.05, 4.69) is 0 Å². The topological polar surface area (TPSA) is 112 Å². The van der Waals surface area contributed by atoms with Gasteiger partial charge < -0.3 is 15.3 Å². The number of halogens is 3. The van der Waals surface area contributed by atoms with E-state index in [-0.39, 0.29) is 5.56 Å². The first-order valence-corrected chi connectivity index (χ1v) is 8.66. The minimum absolute atomic E-state index is 0.0947. The van der Waals surface area contributed by atoms with E-state index >= 15 is 0 Å². The number of benzene rings is 1. The van der Waals surface area contributed by atoms with Gasteiger partial charge in [0, 0.05) is 5.92 Å². The Morgan fingerprint density at radius 1 is 1.29 bits per heavy atom. The number of carbonyl (C=O) groups excluding carboxylic acids is 1. The second-order valence-electron chi connectivity index (χ2n) is 7.04. The smallest absolute Gasteiger partial charge is 0.416 e. The molecule has 0 saturated heterocycles. The zero-order valence-corrected chi connectivity index (χ0v) is 14.6. The summed E-state index contributed by atoms with van der Waals surface area (Å²) in [4.78, 5) is 11.7. The van der Waals surface area contributed by atoms with Gasteiger partial charge in [-0.2, -0.15) is 23.7 Å². The molecule has 3 rings (SSSR count). The van der Waals surface area contributed by atoms with Crippen LogP contribution in [0, 0.1) is 45.3 Å². The lowest BCUT2D eigenvalue weighted by atomic mass is 9.53. The molecule has 0 aromatic heterocycles. The zero-order valence-electron chi connectivity index (χ0n) is 14.6. The Balaban J connectivity index is 2.26. The minimum Gasteiger partial charge on any atom is -0.549 e. The Morgan fingerprint density at radius 2 is 1.96 bits per heavy atom. The quantitative estimate of drug-likeness (QED) is 0.788. The van der Waals surface area contributed by atoms with Crippen molar-refractivity contribution in [2.75, 3.05) is 0 Å². The summed E-state index contributed by atoms with van der Waals surface area (Å²) in [6.07, 6.45) is -1.34. The third kappa shape index (κ3) is 2.86. The first-order chi connectivity index (χ1) is 13.2. The van der Waals surface area contributed by atoms with Crippen LogP contribution in [-0.2, 0) is 11.0 Å². The minimum atomic E-state index is -4.61. The van der Waals surface area contributed by atoms with Crippen LogP contribution in [-0.4, -0.2) is 11.7 Å². The molecule has 0 unspecified atom stereocenters. The summed E-state index contributed by atoms with van der Waals surface area (Å²) >= 11 is 0. The van der Waals surface area contributed by atoms with Gasteiger partial charge in [0.1, 0.15) is 0 Å². The molecule has 0 spiro atoms. The van der Waals surface area contributed by atoms with Crippen LogP contribution in [0.25, 0.3) is 0 Å². The normalized spacial score (nSPS) is 26.4. The van der Waals surface area contributed by atoms with Gasteiger partial charge in [-0.1, -0.05) is 29.8 Å². The Kier molecular flexibility index (Phi) is 4.76. The number of fused-ring (bicyclic) bond motifs is 1. The van der Waals surface area contributed by atoms with E-state index in [1.54, 1.807) is 18.2 Å². The third-order valence-electron chi connectivity index (χ3n) is 5.60. The highest BCUT2D eigenvalue weighted by atomic mass is 19.4. The number of nitriles is 2. The number of allylic oxidation sites excluding steroid dienone is 1. The first-order valence-electron chi connectivity index (χ1n) is 8.66. The molecule has 0 heterocycles. The Labute approximate surface area is 159 Å². The Morgan fingerprint density at radius 3 is 2.54 bits per heavy atom. The molecule has 3 atom stereocenters. The standard InChI is InChI=1S/C20H16F3N3O2/c21-20(22,23)12-5-3-4-11(8-12)16-14-7-2-1-6-13(14)15(18(27)28)17(26)19(16,9-24)10-25/h3-6,8,14-16,26H,1-2,7H2,(H,27,28)/p-1/t14-,15-,16-/m1/s1. The average Bonchev–Trinajstić information content (AvgIpc) is 2.66. The fourth-order valence-electron chi connectivity index (χ4n) is 4.41. The molecular formula is C20H15F3N3O2-. The van der Waals surface area contributed by atoms with Crippen LogP contribution in [0.15, 0.2) is 35.9 Å². The highest BCUT2D eigenvalue weighted by Gasteiger charge is 2.57. The molecule has 0 radical (unpaired) electrons. The van der Waals surface area contributed by atoms with Crippen molar-refractivity contribution in [1.82, 2.24) is 0 Å². The Bertz CT molecular complexity index is 939. The van der Waals surface area contributed by atoms with Crippen LogP contribution in [0.5, 0.6) is 0 Å². The molecule has 1 N–H and O–H groups in total. The summed E-state index contributed by atoms with van der Waals surface area (Å²) in [7, 11) is 0. The zero-order chi connectivity index (χ0) is 20.7. The summed E-state index contributed by atoms with van der Waals surface area (Å²) in [5.74, 6) is -4.81. The molecule has 1 fully saturated rings. The van der Waals surface area contributed by atoms with Crippen molar-refractivity contribution in [1.29, 1.82) is 15.9 Å². The van der Waals surface area contributed by atoms with Crippen LogP contribution in [0.3, 0.4) is 0 Å². The molecule has 1 saturated carbocycles. The van der Waals surface area contributed by atoms with Crippen LogP contribution in [0.1, 0.15) is 36.3 Å². The predicted octanol–water partition coefficient (Wildman–Crippen LogP) is 2.95. The number of nitrogens with zero attached hydrogens (tertiary/aromatic N) is 2. The van der Waals surface area contributed by atoms with E-state index in [4.69, 9.17) is 5.41 Å². The van der Waals surface area contributed by atoms with E-state index in [9.17, 15) is 33.6 Å². The molecule has 2 aliphatic carbocycles. The van der Waals surface area contributed by atoms with Gasteiger partial charge in [-0.25, -0.2) is 0 Å². The van der Waals surface area contributed by atoms with Gasteiger partial charge in [-0.05, 0) is 36.8 Å². The summed E-state index contributed by atoms with van der Waals surface area (Å²) in [5, 5.41) is 39.6. The maximum Gasteiger partial charge on any atom is 0.416 e. The Hall–Kier alpha value is -3.13. The molecule has 2 aliphatic rings. The molecule has 0 amide bonds. The molecule has 5 nitrogen and oxygen atoms in total. The lowest BCUT2D eigenvalue weighted by molar-refractivity contribution is -0.308. The fourth-order valence-corrected chi connectivity index (χ4v) is 4.41. The number of alkyl halides is 3. The summed E-state index contributed by atoms with van der Waals surface area (Å²) in [5.41, 5.74) is -3.32. The van der Waals surface area contributed by atoms with Crippen molar-refractivity contribution < 1.29 is 23.1 Å². The van der Waals surface area contributed by atoms with Crippen molar-refractivity contribution >= 4 is 11.7 Å². The largest absolute Gasteiger partial charge is 0.549 e. The fraction of sp³-hybridized carbons (Fsp3) is 0.400. The second-order valence-corrected chi connectivity index (χ2v) is 7.04. The monoisotopic (exact) mass is 386 g/mol. The predicted molar refractivity (Wildman–Crippen MR) is 89.5 cm³/mol. The SMILES string of the molecule is N#CC1(C#N)C(=N)[C@H](C(=O)[O-])C2=CCCC[C@H]2[C@H]1c1cccc(C(F)(F)F)c1. The molecular weight excluding hydrogens is 371 g/mol. The van der Waals surface area contributed by atoms with Gasteiger partial charge in [0.2, 0.25) is 0 Å². The number of rotatable bonds is 2. The lowest BCUT2D eigenvalue weighted by Gasteiger charge is -2.48. The number of aliphatic carboxylic acids is 1. The van der Waals surface area contributed by atoms with Crippen molar-refractivity contribution in [2.24, 2.45) is 17.3 Å². The number of carboxylic acids is 1. The van der Waals surface area contributed by atoms with E-state index in [0.29, 0.717) is 24.8 Å². The van der Waals surface area contributed by atoms with Crippen LogP contribution >= 0.6 is 0 Å². The maximum absolute atomic E-state index is 13.2. The van der Waals surface area contributed by atoms with Gasteiger partial charge in [-0.15, -0.1) is 0 Å². The van der Waals surface area contributed by atoms with Gasteiger partial charge >= 0.3 is 6.18 Å². The number of carbonyl (C=O) groups is 1. The first kappa shape index (κ1) is 19.6. The number of nitrogens with one attached hydrogen (secondary N) is 1. The van der Waals surface area contributed by atoms with Crippen LogP contribution in [0.4, 0.5) is 13.2 Å². The van der Waals surface area contributed by atoms with Crippen LogP contribution < -0.4 is 5.11 Å². The summed E-state index contributed by atoms with van der Waals surface area (Å²) < 4.78 is 39.6. The molecule has 1 aromatic carbocycles. The highest BCUT2D eigenvalue weighted by Crippen LogP contribution is 2.55. The van der Waals surface area contributed by atoms with Gasteiger partial charge in [0.25, 0.3) is 0 Å². The molecule has 144 valence electrons. The number of hydrogen-bond donors (Lipinski definition) is 1. The van der Waals surface area contributed by atoms with Crippen molar-refractivity contribution in [3.05, 3.63) is 47.0 Å². The molecule has 1 aromatic rings. The van der Waals surface area contributed by atoms with Gasteiger partial charge in [0.15, 0.2) is 5.41 Å². The second kappa shape index (κ2) is 6.79. The number of carboxylic acid groups (broad SMARTS) is 1. The van der Waals surface area contributed by atoms with E-state index < -0.39 is 46.6 Å². The van der Waals surface area contributed by atoms with E-state index in [0.717, 1.165) is 12.1 Å². The van der Waals surface area contributed by atoms with Gasteiger partial charge in [0.05, 0.1) is 35.3 Å². The third-order valence-corrected chi connectivity index (χ3v) is 5.60. The molecule has 8 heteroatoms. The van der Waals surface area contributed by atoms with Gasteiger partial charge in [-0.3, -0.25) is 0 Å². The van der Waals surface area contributed by atoms with Crippen LogP contribution in [0.2, 0.25) is 0 Å². The summed E-state index contributed by atoms with van der Waals surface area (Å²) in [6, 6.07) is 7.87. The maximum atomic E-state index is 13.2. The lowest BCUT2D eigenvalue weighted by Crippen LogP contribution is -2.54. The molecule has 0 bridgehead atoms. The summed E-state index contributed by atoms with van der Waals surface area (Å²) in [6.45, 7) is 0. The molecule has 0 aliphatic heterocycles. The molecule has 28 heavy (non-hydrogen) atoms. The average molecular weight is 386 g/mol. The van der Waals surface area contributed by atoms with E-state index in [1.807, 2.05) is 0 Å². The van der Waals surface area contributed by atoms with Crippen molar-refractivity contribution in [3.8, 4) is 12.1 Å². The van der Waals surface area contributed by atoms with Crippen molar-refractivity contribution in [2.45, 2.75) is 31.4 Å². The van der Waals surface area contributed by atoms with E-state index in [1.165, 1.54) is 12.1 Å². The number of hydrogen-bond acceptors (Lipinski definition) is 5.